The number of nitrogens with two attached hydrogens (primary N) is 1. The third-order valence-electron chi connectivity index (χ3n) is 1.51. The summed E-state index contributed by atoms with van der Waals surface area (Å²) in [5.74, 6) is -0.886. The average molecular weight is 268 g/mol. The van der Waals surface area contributed by atoms with Crippen molar-refractivity contribution in [1.82, 2.24) is 10.3 Å². The number of sulfonamides is 1. The van der Waals surface area contributed by atoms with Crippen molar-refractivity contribution < 1.29 is 17.6 Å². The van der Waals surface area contributed by atoms with Crippen molar-refractivity contribution in [2.75, 3.05) is 0 Å². The molecule has 1 aromatic rings. The van der Waals surface area contributed by atoms with Crippen LogP contribution >= 0.6 is 11.6 Å². The summed E-state index contributed by atoms with van der Waals surface area (Å²) in [6.45, 7) is 0. The lowest BCUT2D eigenvalue weighted by atomic mass is 10.3. The van der Waals surface area contributed by atoms with Crippen LogP contribution in [0, 0.1) is 5.82 Å². The predicted octanol–water partition coefficient (Wildman–Crippen LogP) is 0.341. The van der Waals surface area contributed by atoms with Gasteiger partial charge in [-0.1, -0.05) is 11.6 Å². The summed E-state index contributed by atoms with van der Waals surface area (Å²) in [4.78, 5) is 11.6. The van der Waals surface area contributed by atoms with Gasteiger partial charge in [0.15, 0.2) is 0 Å². The van der Waals surface area contributed by atoms with Gasteiger partial charge in [-0.25, -0.2) is 17.6 Å². The van der Waals surface area contributed by atoms with E-state index in [-0.39, 0.29) is 9.92 Å². The van der Waals surface area contributed by atoms with Crippen LogP contribution in [0.3, 0.4) is 0 Å². The fourth-order valence-corrected chi connectivity index (χ4v) is 1.80. The molecular formula is C7H7ClFN3O3S. The lowest BCUT2D eigenvalue weighted by Gasteiger charge is -2.06. The molecule has 6 nitrogen and oxygen atoms in total. The normalized spacial score (nSPS) is 11.1. The highest BCUT2D eigenvalue weighted by atomic mass is 35.5. The molecule has 0 unspecified atom stereocenters. The quantitative estimate of drug-likeness (QED) is 0.688. The maximum absolute atomic E-state index is 13.0. The molecular weight excluding hydrogens is 261 g/mol. The Morgan fingerprint density at radius 1 is 1.44 bits per heavy atom. The summed E-state index contributed by atoms with van der Waals surface area (Å²) in [5, 5.41) is -0.207. The minimum atomic E-state index is -4.06. The molecule has 1 rings (SSSR count). The summed E-state index contributed by atoms with van der Waals surface area (Å²) < 4.78 is 35.8. The molecule has 4 N–H and O–H groups in total. The van der Waals surface area contributed by atoms with Gasteiger partial charge in [-0.3, -0.25) is 5.43 Å². The van der Waals surface area contributed by atoms with Gasteiger partial charge >= 0.3 is 6.03 Å². The van der Waals surface area contributed by atoms with E-state index in [0.29, 0.717) is 6.07 Å². The van der Waals surface area contributed by atoms with Gasteiger partial charge in [0, 0.05) is 0 Å². The highest BCUT2D eigenvalue weighted by Crippen LogP contribution is 2.18. The molecule has 0 heterocycles. The second-order valence-corrected chi connectivity index (χ2v) is 4.76. The van der Waals surface area contributed by atoms with Crippen molar-refractivity contribution in [3.8, 4) is 0 Å². The Hall–Kier alpha value is -1.38. The first kappa shape index (κ1) is 12.7. The lowest BCUT2D eigenvalue weighted by Crippen LogP contribution is -2.44. The van der Waals surface area contributed by atoms with E-state index in [2.05, 4.69) is 5.73 Å². The molecule has 0 radical (unpaired) electrons. The Bertz CT molecular complexity index is 520. The summed E-state index contributed by atoms with van der Waals surface area (Å²) in [5.41, 5.74) is 6.32. The van der Waals surface area contributed by atoms with Crippen LogP contribution in [-0.2, 0) is 10.0 Å². The first-order valence-electron chi connectivity index (χ1n) is 3.85. The van der Waals surface area contributed by atoms with Crippen LogP contribution in [0.1, 0.15) is 0 Å². The van der Waals surface area contributed by atoms with Gasteiger partial charge in [-0.05, 0) is 18.2 Å². The molecule has 0 bridgehead atoms. The molecule has 2 amide bonds. The van der Waals surface area contributed by atoms with Gasteiger partial charge in [0.2, 0.25) is 0 Å². The molecule has 0 fully saturated rings. The highest BCUT2D eigenvalue weighted by Gasteiger charge is 2.16. The number of hydrazine groups is 1. The number of primary amides is 1. The molecule has 0 aliphatic rings. The lowest BCUT2D eigenvalue weighted by molar-refractivity contribution is 0.247. The maximum Gasteiger partial charge on any atom is 0.327 e. The summed E-state index contributed by atoms with van der Waals surface area (Å²) in [7, 11) is -4.06. The van der Waals surface area contributed by atoms with E-state index in [1.54, 1.807) is 10.3 Å². The predicted molar refractivity (Wildman–Crippen MR) is 54.5 cm³/mol. The van der Waals surface area contributed by atoms with Crippen molar-refractivity contribution in [3.63, 3.8) is 0 Å². The monoisotopic (exact) mass is 267 g/mol. The first-order valence-corrected chi connectivity index (χ1v) is 5.71. The van der Waals surface area contributed by atoms with Gasteiger partial charge in [-0.15, -0.1) is 4.83 Å². The zero-order chi connectivity index (χ0) is 12.3. The molecule has 88 valence electrons. The molecule has 0 saturated carbocycles. The number of nitrogens with one attached hydrogen (secondary N) is 2. The molecule has 0 saturated heterocycles. The molecule has 0 aliphatic heterocycles. The van der Waals surface area contributed by atoms with Crippen LogP contribution in [-0.4, -0.2) is 14.4 Å². The third kappa shape index (κ3) is 3.05. The molecule has 16 heavy (non-hydrogen) atoms. The first-order chi connectivity index (χ1) is 7.33. The Labute approximate surface area is 95.6 Å². The average Bonchev–Trinajstić information content (AvgIpc) is 2.19. The van der Waals surface area contributed by atoms with Crippen LogP contribution in [0.4, 0.5) is 9.18 Å². The Kier molecular flexibility index (Phi) is 3.68. The minimum absolute atomic E-state index is 0.207. The van der Waals surface area contributed by atoms with E-state index >= 15 is 0 Å². The molecule has 0 aliphatic carbocycles. The van der Waals surface area contributed by atoms with Crippen molar-refractivity contribution >= 4 is 27.7 Å². The summed E-state index contributed by atoms with van der Waals surface area (Å²) in [6, 6.07) is 1.79. The van der Waals surface area contributed by atoms with E-state index in [1.165, 1.54) is 0 Å². The van der Waals surface area contributed by atoms with E-state index in [1.807, 2.05) is 0 Å². The molecule has 0 spiro atoms. The SMILES string of the molecule is NC(=O)NNS(=O)(=O)c1ccc(Cl)c(F)c1. The van der Waals surface area contributed by atoms with Gasteiger partial charge in [0.05, 0.1) is 9.92 Å². The second kappa shape index (κ2) is 4.64. The topological polar surface area (TPSA) is 101 Å². The zero-order valence-electron chi connectivity index (χ0n) is 7.70. The Morgan fingerprint density at radius 2 is 2.06 bits per heavy atom. The number of halogens is 2. The number of hydrogen-bond acceptors (Lipinski definition) is 3. The van der Waals surface area contributed by atoms with Crippen molar-refractivity contribution in [2.45, 2.75) is 4.90 Å². The highest BCUT2D eigenvalue weighted by molar-refractivity contribution is 7.89. The van der Waals surface area contributed by atoms with Gasteiger partial charge in [-0.2, -0.15) is 0 Å². The largest absolute Gasteiger partial charge is 0.351 e. The fourth-order valence-electron chi connectivity index (χ4n) is 0.820. The second-order valence-electron chi connectivity index (χ2n) is 2.67. The Balaban J connectivity index is 2.99. The molecule has 1 aromatic carbocycles. The molecule has 9 heteroatoms. The van der Waals surface area contributed by atoms with Crippen LogP contribution in [0.25, 0.3) is 0 Å². The van der Waals surface area contributed by atoms with Crippen LogP contribution in [0.2, 0.25) is 5.02 Å². The van der Waals surface area contributed by atoms with Crippen molar-refractivity contribution in [2.24, 2.45) is 5.73 Å². The van der Waals surface area contributed by atoms with Crippen LogP contribution in [0.15, 0.2) is 23.1 Å². The number of amides is 2. The fraction of sp³-hybridized carbons (Fsp3) is 0. The maximum atomic E-state index is 13.0. The number of carbonyl (C=O) groups excluding carboxylic acids is 1. The van der Waals surface area contributed by atoms with Crippen molar-refractivity contribution in [1.29, 1.82) is 0 Å². The van der Waals surface area contributed by atoms with Gasteiger partial charge in [0.25, 0.3) is 10.0 Å². The Morgan fingerprint density at radius 3 is 2.56 bits per heavy atom. The number of rotatable bonds is 3. The molecule has 0 aromatic heterocycles. The van der Waals surface area contributed by atoms with E-state index < -0.39 is 21.9 Å². The van der Waals surface area contributed by atoms with Gasteiger partial charge in [0.1, 0.15) is 5.82 Å². The number of urea groups is 1. The number of carbonyl (C=O) groups is 1. The minimum Gasteiger partial charge on any atom is -0.351 e. The van der Waals surface area contributed by atoms with Crippen molar-refractivity contribution in [3.05, 3.63) is 29.0 Å². The van der Waals surface area contributed by atoms with E-state index in [9.17, 15) is 17.6 Å². The number of hydrogen-bond donors (Lipinski definition) is 3. The summed E-state index contributed by atoms with van der Waals surface area (Å²) >= 11 is 5.38. The number of benzene rings is 1. The third-order valence-corrected chi connectivity index (χ3v) is 3.06. The zero-order valence-corrected chi connectivity index (χ0v) is 9.27. The van der Waals surface area contributed by atoms with E-state index in [4.69, 9.17) is 11.6 Å². The van der Waals surface area contributed by atoms with E-state index in [0.717, 1.165) is 12.1 Å². The molecule has 0 atom stereocenters. The van der Waals surface area contributed by atoms with Crippen LogP contribution in [0.5, 0.6) is 0 Å². The smallest absolute Gasteiger partial charge is 0.327 e. The van der Waals surface area contributed by atoms with Crippen LogP contribution < -0.4 is 16.0 Å². The standard InChI is InChI=1S/C7H7ClFN3O3S/c8-5-2-1-4(3-6(5)9)16(14,15)12-11-7(10)13/h1-3,12H,(H3,10,11,13). The summed E-state index contributed by atoms with van der Waals surface area (Å²) in [6.07, 6.45) is 0. The van der Waals surface area contributed by atoms with Gasteiger partial charge < -0.3 is 5.73 Å².